The van der Waals surface area contributed by atoms with Crippen molar-refractivity contribution >= 4 is 11.8 Å². The molecule has 0 heterocycles. The molecule has 2 amide bonds. The minimum absolute atomic E-state index is 0.0215. The Morgan fingerprint density at radius 2 is 0.600 bits per heavy atom. The van der Waals surface area contributed by atoms with Crippen molar-refractivity contribution in [2.24, 2.45) is 0 Å². The van der Waals surface area contributed by atoms with Gasteiger partial charge in [0, 0.05) is 19.3 Å². The summed E-state index contributed by atoms with van der Waals surface area (Å²) in [5.74, 6) is -0.805. The number of unbranched alkanes of at least 4 members (excludes halogenated alkanes) is 28. The minimum Gasteiger partial charge on any atom is -0.321 e. The number of carbonyl (C=O) groups is 2. The molecule has 0 radical (unpaired) electrons. The molecule has 0 aromatic rings. The summed E-state index contributed by atoms with van der Waals surface area (Å²) in [4.78, 5) is 25.4. The molecule has 0 bridgehead atoms. The SMILES string of the molecule is CCCCCCCCCCCCCCCCCC(=O)NC(CC)(NC)NC(=O)CCCCCCCCCCCCCCCCC. The molecule has 0 rings (SSSR count). The number of nitrogens with one attached hydrogen (secondary N) is 3. The zero-order valence-electron chi connectivity index (χ0n) is 31.2. The van der Waals surface area contributed by atoms with E-state index in [9.17, 15) is 9.59 Å². The highest BCUT2D eigenvalue weighted by atomic mass is 16.2. The van der Waals surface area contributed by atoms with Crippen molar-refractivity contribution in [2.45, 2.75) is 238 Å². The van der Waals surface area contributed by atoms with Crippen molar-refractivity contribution in [3.63, 3.8) is 0 Å². The smallest absolute Gasteiger partial charge is 0.222 e. The van der Waals surface area contributed by atoms with E-state index in [0.717, 1.165) is 25.7 Å². The molecule has 0 aromatic heterocycles. The van der Waals surface area contributed by atoms with Crippen LogP contribution in [0.3, 0.4) is 0 Å². The van der Waals surface area contributed by atoms with E-state index < -0.39 is 5.79 Å². The number of hydrogen-bond acceptors (Lipinski definition) is 3. The summed E-state index contributed by atoms with van der Waals surface area (Å²) >= 11 is 0. The molecule has 0 aliphatic carbocycles. The Hall–Kier alpha value is -1.10. The molecular formula is C40H81N3O2. The van der Waals surface area contributed by atoms with E-state index in [4.69, 9.17) is 0 Å². The van der Waals surface area contributed by atoms with Gasteiger partial charge in [0.05, 0.1) is 0 Å². The molecule has 0 spiro atoms. The maximum absolute atomic E-state index is 12.7. The van der Waals surface area contributed by atoms with Crippen molar-refractivity contribution in [3.8, 4) is 0 Å². The Labute approximate surface area is 282 Å². The first-order valence-corrected chi connectivity index (χ1v) is 20.3. The maximum atomic E-state index is 12.7. The van der Waals surface area contributed by atoms with Gasteiger partial charge in [-0.05, 0) is 19.9 Å². The average Bonchev–Trinajstić information content (AvgIpc) is 3.04. The van der Waals surface area contributed by atoms with E-state index in [-0.39, 0.29) is 11.8 Å². The molecule has 0 aliphatic rings. The Morgan fingerprint density at radius 1 is 0.378 bits per heavy atom. The minimum atomic E-state index is -0.848. The molecule has 0 saturated carbocycles. The number of carbonyl (C=O) groups excluding carboxylic acids is 2. The second-order valence-electron chi connectivity index (χ2n) is 14.0. The highest BCUT2D eigenvalue weighted by Gasteiger charge is 2.29. The van der Waals surface area contributed by atoms with E-state index in [1.165, 1.54) is 167 Å². The van der Waals surface area contributed by atoms with Crippen LogP contribution in [0.5, 0.6) is 0 Å². The van der Waals surface area contributed by atoms with Crippen LogP contribution in [0.15, 0.2) is 0 Å². The normalized spacial score (nSPS) is 11.6. The zero-order chi connectivity index (χ0) is 33.1. The quantitative estimate of drug-likeness (QED) is 0.0474. The van der Waals surface area contributed by atoms with Crippen LogP contribution >= 0.6 is 0 Å². The summed E-state index contributed by atoms with van der Waals surface area (Å²) in [6, 6.07) is 0. The van der Waals surface area contributed by atoms with Crippen LogP contribution in [0.2, 0.25) is 0 Å². The first-order valence-electron chi connectivity index (χ1n) is 20.3. The Morgan fingerprint density at radius 3 is 0.800 bits per heavy atom. The predicted molar refractivity (Wildman–Crippen MR) is 197 cm³/mol. The van der Waals surface area contributed by atoms with Crippen LogP contribution in [0.4, 0.5) is 0 Å². The van der Waals surface area contributed by atoms with Crippen LogP contribution in [-0.4, -0.2) is 24.6 Å². The van der Waals surface area contributed by atoms with Gasteiger partial charge in [-0.1, -0.05) is 201 Å². The fraction of sp³-hybridized carbons (Fsp3) is 0.950. The lowest BCUT2D eigenvalue weighted by Gasteiger charge is -2.34. The van der Waals surface area contributed by atoms with E-state index in [1.54, 1.807) is 0 Å². The van der Waals surface area contributed by atoms with Gasteiger partial charge in [0.15, 0.2) is 5.79 Å². The highest BCUT2D eigenvalue weighted by Crippen LogP contribution is 2.16. The van der Waals surface area contributed by atoms with Crippen LogP contribution in [-0.2, 0) is 9.59 Å². The Bertz CT molecular complexity index is 585. The molecule has 0 aliphatic heterocycles. The highest BCUT2D eigenvalue weighted by molar-refractivity contribution is 5.80. The van der Waals surface area contributed by atoms with Crippen molar-refractivity contribution in [1.82, 2.24) is 16.0 Å². The molecule has 268 valence electrons. The Balaban J connectivity index is 3.76. The average molecular weight is 636 g/mol. The third-order valence-corrected chi connectivity index (χ3v) is 9.68. The van der Waals surface area contributed by atoms with Gasteiger partial charge >= 0.3 is 0 Å². The summed E-state index contributed by atoms with van der Waals surface area (Å²) in [7, 11) is 1.81. The topological polar surface area (TPSA) is 70.2 Å². The Kier molecular flexibility index (Phi) is 33.4. The lowest BCUT2D eigenvalue weighted by atomic mass is 10.0. The molecule has 0 atom stereocenters. The molecule has 5 nitrogen and oxygen atoms in total. The molecule has 0 aromatic carbocycles. The van der Waals surface area contributed by atoms with Gasteiger partial charge in [-0.2, -0.15) is 0 Å². The van der Waals surface area contributed by atoms with Crippen molar-refractivity contribution in [1.29, 1.82) is 0 Å². The zero-order valence-corrected chi connectivity index (χ0v) is 31.2. The summed E-state index contributed by atoms with van der Waals surface area (Å²) in [5.41, 5.74) is 0. The molecule has 0 unspecified atom stereocenters. The predicted octanol–water partition coefficient (Wildman–Crippen LogP) is 12.0. The second kappa shape index (κ2) is 34.2. The molecule has 3 N–H and O–H groups in total. The standard InChI is InChI=1S/C40H81N3O2/c1-5-8-10-12-14-16-18-20-22-24-26-28-30-32-34-36-38(44)42-40(7-3,41-4)43-39(45)37-35-33-31-29-27-25-23-21-19-17-15-13-11-9-6-2/h41H,5-37H2,1-4H3,(H,42,44)(H,43,45). The number of hydrogen-bond donors (Lipinski definition) is 3. The summed E-state index contributed by atoms with van der Waals surface area (Å²) < 4.78 is 0. The molecule has 5 heteroatoms. The van der Waals surface area contributed by atoms with Crippen LogP contribution in [0.25, 0.3) is 0 Å². The third kappa shape index (κ3) is 30.0. The number of rotatable bonds is 36. The molecule has 0 fully saturated rings. The van der Waals surface area contributed by atoms with Crippen molar-refractivity contribution in [3.05, 3.63) is 0 Å². The van der Waals surface area contributed by atoms with E-state index >= 15 is 0 Å². The van der Waals surface area contributed by atoms with Crippen LogP contribution in [0, 0.1) is 0 Å². The van der Waals surface area contributed by atoms with Crippen LogP contribution in [0.1, 0.15) is 233 Å². The largest absolute Gasteiger partial charge is 0.321 e. The third-order valence-electron chi connectivity index (χ3n) is 9.68. The lowest BCUT2D eigenvalue weighted by molar-refractivity contribution is -0.128. The maximum Gasteiger partial charge on any atom is 0.222 e. The van der Waals surface area contributed by atoms with Gasteiger partial charge < -0.3 is 10.6 Å². The van der Waals surface area contributed by atoms with Crippen molar-refractivity contribution < 1.29 is 9.59 Å². The summed E-state index contributed by atoms with van der Waals surface area (Å²) in [5, 5.41) is 9.34. The fourth-order valence-electron chi connectivity index (χ4n) is 6.42. The van der Waals surface area contributed by atoms with Gasteiger partial charge in [-0.3, -0.25) is 14.9 Å². The van der Waals surface area contributed by atoms with Gasteiger partial charge in [0.2, 0.25) is 11.8 Å². The molecular weight excluding hydrogens is 554 g/mol. The lowest BCUT2D eigenvalue weighted by Crippen LogP contribution is -2.67. The van der Waals surface area contributed by atoms with Gasteiger partial charge in [-0.15, -0.1) is 0 Å². The monoisotopic (exact) mass is 636 g/mol. The second-order valence-corrected chi connectivity index (χ2v) is 14.0. The fourth-order valence-corrected chi connectivity index (χ4v) is 6.42. The van der Waals surface area contributed by atoms with Crippen molar-refractivity contribution in [2.75, 3.05) is 7.05 Å². The van der Waals surface area contributed by atoms with Gasteiger partial charge in [0.25, 0.3) is 0 Å². The summed E-state index contributed by atoms with van der Waals surface area (Å²) in [6.45, 7) is 6.56. The van der Waals surface area contributed by atoms with Crippen LogP contribution < -0.4 is 16.0 Å². The van der Waals surface area contributed by atoms with Gasteiger partial charge in [-0.25, -0.2) is 0 Å². The van der Waals surface area contributed by atoms with E-state index in [0.29, 0.717) is 19.3 Å². The van der Waals surface area contributed by atoms with E-state index in [1.807, 2.05) is 14.0 Å². The molecule has 45 heavy (non-hydrogen) atoms. The van der Waals surface area contributed by atoms with E-state index in [2.05, 4.69) is 29.8 Å². The summed E-state index contributed by atoms with van der Waals surface area (Å²) in [6.07, 6.45) is 41.3. The molecule has 0 saturated heterocycles. The number of amides is 2. The first kappa shape index (κ1) is 43.9. The first-order chi connectivity index (χ1) is 22.0. The van der Waals surface area contributed by atoms with Gasteiger partial charge in [0.1, 0.15) is 0 Å².